The second kappa shape index (κ2) is 6.43. The molecule has 2 fully saturated rings. The molecule has 0 spiro atoms. The lowest BCUT2D eigenvalue weighted by Gasteiger charge is -2.37. The molecule has 0 aromatic heterocycles. The van der Waals surface area contributed by atoms with Crippen molar-refractivity contribution in [2.24, 2.45) is 11.8 Å². The predicted octanol–water partition coefficient (Wildman–Crippen LogP) is 3.66. The molecule has 1 aromatic rings. The minimum Gasteiger partial charge on any atom is -0.342 e. The molecule has 1 atom stereocenters. The highest BCUT2D eigenvalue weighted by Crippen LogP contribution is 2.30. The van der Waals surface area contributed by atoms with Gasteiger partial charge in [0.15, 0.2) is 0 Å². The molecule has 2 aliphatic rings. The zero-order valence-corrected chi connectivity index (χ0v) is 12.3. The maximum absolute atomic E-state index is 12.3. The van der Waals surface area contributed by atoms with Crippen LogP contribution < -0.4 is 0 Å². The van der Waals surface area contributed by atoms with Gasteiger partial charge in [-0.3, -0.25) is 4.79 Å². The van der Waals surface area contributed by atoms with E-state index < -0.39 is 0 Å². The SMILES string of the molecule is O=C(C1CCC1)N1CCC[C@H](CCc2ccccc2)C1. The van der Waals surface area contributed by atoms with Gasteiger partial charge in [0.1, 0.15) is 0 Å². The van der Waals surface area contributed by atoms with Crippen molar-refractivity contribution >= 4 is 5.91 Å². The number of amides is 1. The first-order valence-corrected chi connectivity index (χ1v) is 8.15. The minimum atomic E-state index is 0.364. The number of aryl methyl sites for hydroxylation is 1. The van der Waals surface area contributed by atoms with Gasteiger partial charge in [0.25, 0.3) is 0 Å². The topological polar surface area (TPSA) is 20.3 Å². The summed E-state index contributed by atoms with van der Waals surface area (Å²) in [4.78, 5) is 14.5. The highest BCUT2D eigenvalue weighted by atomic mass is 16.2. The first-order valence-electron chi connectivity index (χ1n) is 8.15. The van der Waals surface area contributed by atoms with E-state index in [0.29, 0.717) is 17.7 Å². The highest BCUT2D eigenvalue weighted by Gasteiger charge is 2.31. The van der Waals surface area contributed by atoms with Gasteiger partial charge in [-0.2, -0.15) is 0 Å². The van der Waals surface area contributed by atoms with Gasteiger partial charge in [0.2, 0.25) is 5.91 Å². The van der Waals surface area contributed by atoms with Crippen LogP contribution in [0.4, 0.5) is 0 Å². The molecule has 0 N–H and O–H groups in total. The molecular formula is C18H25NO. The van der Waals surface area contributed by atoms with Crippen LogP contribution in [0.25, 0.3) is 0 Å². The van der Waals surface area contributed by atoms with E-state index in [2.05, 4.69) is 35.2 Å². The molecule has 2 heteroatoms. The summed E-state index contributed by atoms with van der Waals surface area (Å²) in [5.41, 5.74) is 1.43. The van der Waals surface area contributed by atoms with E-state index in [-0.39, 0.29) is 0 Å². The van der Waals surface area contributed by atoms with E-state index in [1.165, 1.54) is 31.2 Å². The molecule has 1 saturated carbocycles. The van der Waals surface area contributed by atoms with Crippen molar-refractivity contribution in [2.45, 2.75) is 44.9 Å². The van der Waals surface area contributed by atoms with Gasteiger partial charge in [-0.1, -0.05) is 36.8 Å². The van der Waals surface area contributed by atoms with E-state index >= 15 is 0 Å². The van der Waals surface area contributed by atoms with Crippen LogP contribution in [0.2, 0.25) is 0 Å². The highest BCUT2D eigenvalue weighted by molar-refractivity contribution is 5.79. The number of carbonyl (C=O) groups is 1. The first kappa shape index (κ1) is 13.7. The second-order valence-electron chi connectivity index (χ2n) is 6.44. The average Bonchev–Trinajstić information content (AvgIpc) is 2.45. The number of rotatable bonds is 4. The Balaban J connectivity index is 1.49. The minimum absolute atomic E-state index is 0.364. The van der Waals surface area contributed by atoms with Crippen LogP contribution >= 0.6 is 0 Å². The van der Waals surface area contributed by atoms with Crippen LogP contribution in [0, 0.1) is 11.8 Å². The molecule has 2 nitrogen and oxygen atoms in total. The predicted molar refractivity (Wildman–Crippen MR) is 81.4 cm³/mol. The van der Waals surface area contributed by atoms with Crippen LogP contribution in [-0.4, -0.2) is 23.9 Å². The summed E-state index contributed by atoms with van der Waals surface area (Å²) in [6.45, 7) is 2.00. The number of hydrogen-bond acceptors (Lipinski definition) is 1. The number of carbonyl (C=O) groups excluding carboxylic acids is 1. The van der Waals surface area contributed by atoms with Crippen LogP contribution in [-0.2, 0) is 11.2 Å². The summed E-state index contributed by atoms with van der Waals surface area (Å²) in [7, 11) is 0. The number of nitrogens with zero attached hydrogens (tertiary/aromatic N) is 1. The van der Waals surface area contributed by atoms with Crippen LogP contribution in [0.15, 0.2) is 30.3 Å². The summed E-state index contributed by atoms with van der Waals surface area (Å²) in [6.07, 6.45) is 8.37. The van der Waals surface area contributed by atoms with Crippen LogP contribution in [0.3, 0.4) is 0 Å². The fourth-order valence-corrected chi connectivity index (χ4v) is 3.43. The Morgan fingerprint density at radius 1 is 1.10 bits per heavy atom. The van der Waals surface area contributed by atoms with E-state index in [9.17, 15) is 4.79 Å². The van der Waals surface area contributed by atoms with Crippen molar-refractivity contribution in [3.8, 4) is 0 Å². The fourth-order valence-electron chi connectivity index (χ4n) is 3.43. The average molecular weight is 271 g/mol. The number of benzene rings is 1. The van der Waals surface area contributed by atoms with Crippen molar-refractivity contribution < 1.29 is 4.79 Å². The van der Waals surface area contributed by atoms with Crippen molar-refractivity contribution in [2.75, 3.05) is 13.1 Å². The molecule has 1 saturated heterocycles. The lowest BCUT2D eigenvalue weighted by molar-refractivity contribution is -0.140. The number of hydrogen-bond donors (Lipinski definition) is 0. The Morgan fingerprint density at radius 2 is 1.90 bits per heavy atom. The Bertz CT molecular complexity index is 438. The summed E-state index contributed by atoms with van der Waals surface area (Å²) < 4.78 is 0. The zero-order valence-electron chi connectivity index (χ0n) is 12.3. The van der Waals surface area contributed by atoms with Crippen molar-refractivity contribution in [3.05, 3.63) is 35.9 Å². The van der Waals surface area contributed by atoms with Crippen molar-refractivity contribution in [3.63, 3.8) is 0 Å². The maximum atomic E-state index is 12.3. The molecule has 1 aliphatic heterocycles. The number of likely N-dealkylation sites (tertiary alicyclic amines) is 1. The van der Waals surface area contributed by atoms with Crippen molar-refractivity contribution in [1.29, 1.82) is 0 Å². The molecule has 0 unspecified atom stereocenters. The van der Waals surface area contributed by atoms with Gasteiger partial charge in [-0.05, 0) is 50.0 Å². The normalized spacial score (nSPS) is 23.4. The zero-order chi connectivity index (χ0) is 13.8. The molecule has 3 rings (SSSR count). The third-order valence-electron chi connectivity index (χ3n) is 4.97. The lowest BCUT2D eigenvalue weighted by atomic mass is 9.83. The standard InChI is InChI=1S/C18H25NO/c20-18(17-9-4-10-17)19-13-5-8-16(14-19)12-11-15-6-2-1-3-7-15/h1-3,6-7,16-17H,4-5,8-14H2/t16-/m1/s1. The van der Waals surface area contributed by atoms with E-state index in [0.717, 1.165) is 32.4 Å². The molecular weight excluding hydrogens is 246 g/mol. The molecule has 1 aromatic carbocycles. The Morgan fingerprint density at radius 3 is 2.60 bits per heavy atom. The summed E-state index contributed by atoms with van der Waals surface area (Å²) >= 11 is 0. The monoisotopic (exact) mass is 271 g/mol. The second-order valence-corrected chi connectivity index (χ2v) is 6.44. The van der Waals surface area contributed by atoms with Gasteiger partial charge in [-0.15, -0.1) is 0 Å². The van der Waals surface area contributed by atoms with Gasteiger partial charge < -0.3 is 4.90 Å². The number of piperidine rings is 1. The fraction of sp³-hybridized carbons (Fsp3) is 0.611. The molecule has 0 bridgehead atoms. The van der Waals surface area contributed by atoms with Gasteiger partial charge in [-0.25, -0.2) is 0 Å². The Kier molecular flexibility index (Phi) is 4.39. The first-order chi connectivity index (χ1) is 9.83. The van der Waals surface area contributed by atoms with E-state index in [4.69, 9.17) is 0 Å². The van der Waals surface area contributed by atoms with Gasteiger partial charge >= 0.3 is 0 Å². The summed E-state index contributed by atoms with van der Waals surface area (Å²) in [5, 5.41) is 0. The Hall–Kier alpha value is -1.31. The third kappa shape index (κ3) is 3.23. The van der Waals surface area contributed by atoms with Crippen molar-refractivity contribution in [1.82, 2.24) is 4.90 Å². The Labute approximate surface area is 122 Å². The molecule has 0 radical (unpaired) electrons. The smallest absolute Gasteiger partial charge is 0.225 e. The van der Waals surface area contributed by atoms with E-state index in [1.54, 1.807) is 0 Å². The quantitative estimate of drug-likeness (QED) is 0.818. The van der Waals surface area contributed by atoms with E-state index in [1.807, 2.05) is 0 Å². The molecule has 1 aliphatic carbocycles. The molecule has 20 heavy (non-hydrogen) atoms. The summed E-state index contributed by atoms with van der Waals surface area (Å²) in [6, 6.07) is 10.7. The van der Waals surface area contributed by atoms with Gasteiger partial charge in [0.05, 0.1) is 0 Å². The molecule has 1 heterocycles. The maximum Gasteiger partial charge on any atom is 0.225 e. The lowest BCUT2D eigenvalue weighted by Crippen LogP contribution is -2.44. The third-order valence-corrected chi connectivity index (χ3v) is 4.97. The largest absolute Gasteiger partial charge is 0.342 e. The van der Waals surface area contributed by atoms with Gasteiger partial charge in [0, 0.05) is 19.0 Å². The van der Waals surface area contributed by atoms with Crippen LogP contribution in [0.1, 0.15) is 44.1 Å². The summed E-state index contributed by atoms with van der Waals surface area (Å²) in [5.74, 6) is 1.51. The molecule has 108 valence electrons. The molecule has 1 amide bonds. The van der Waals surface area contributed by atoms with Crippen LogP contribution in [0.5, 0.6) is 0 Å².